The Balaban J connectivity index is 1.40. The predicted molar refractivity (Wildman–Crippen MR) is 113 cm³/mol. The van der Waals surface area contributed by atoms with Crippen molar-refractivity contribution in [2.45, 2.75) is 33.2 Å². The molecule has 0 spiro atoms. The lowest BCUT2D eigenvalue weighted by atomic mass is 9.89. The van der Waals surface area contributed by atoms with Crippen LogP contribution >= 0.6 is 0 Å². The average Bonchev–Trinajstić information content (AvgIpc) is 3.10. The Kier molecular flexibility index (Phi) is 5.22. The number of hydrogen-bond donors (Lipinski definition) is 0. The zero-order valence-corrected chi connectivity index (χ0v) is 17.0. The number of anilines is 1. The van der Waals surface area contributed by atoms with Crippen molar-refractivity contribution in [1.82, 2.24) is 19.7 Å². The van der Waals surface area contributed by atoms with Gasteiger partial charge in [0.2, 0.25) is 5.91 Å². The van der Waals surface area contributed by atoms with Crippen molar-refractivity contribution in [3.63, 3.8) is 0 Å². The Bertz CT molecular complexity index is 972. The first kappa shape index (κ1) is 19.4. The van der Waals surface area contributed by atoms with E-state index >= 15 is 0 Å². The second-order valence-electron chi connectivity index (χ2n) is 8.57. The number of pyridine rings is 1. The third kappa shape index (κ3) is 4.39. The fourth-order valence-electron chi connectivity index (χ4n) is 3.97. The van der Waals surface area contributed by atoms with Gasteiger partial charge in [-0.1, -0.05) is 19.9 Å². The summed E-state index contributed by atoms with van der Waals surface area (Å²) >= 11 is 0. The van der Waals surface area contributed by atoms with E-state index < -0.39 is 0 Å². The number of carbonyl (C=O) groups is 1. The summed E-state index contributed by atoms with van der Waals surface area (Å²) < 4.78 is 1.30. The summed E-state index contributed by atoms with van der Waals surface area (Å²) in [6.45, 7) is 7.19. The normalized spacial score (nSPS) is 18.6. The summed E-state index contributed by atoms with van der Waals surface area (Å²) in [5.74, 6) is -0.0664. The van der Waals surface area contributed by atoms with Crippen LogP contribution in [0.2, 0.25) is 0 Å². The molecule has 1 saturated heterocycles. The van der Waals surface area contributed by atoms with Gasteiger partial charge in [0.15, 0.2) is 0 Å². The quantitative estimate of drug-likeness (QED) is 0.796. The minimum atomic E-state index is -0.242. The van der Waals surface area contributed by atoms with Crippen LogP contribution in [0.4, 0.5) is 5.69 Å². The maximum Gasteiger partial charge on any atom is 0.267 e. The highest BCUT2D eigenvalue weighted by molar-refractivity contribution is 5.76. The van der Waals surface area contributed by atoms with Crippen LogP contribution in [-0.2, 0) is 11.3 Å². The van der Waals surface area contributed by atoms with Crippen LogP contribution < -0.4 is 10.5 Å². The van der Waals surface area contributed by atoms with Crippen molar-refractivity contribution in [2.24, 2.45) is 5.41 Å². The Morgan fingerprint density at radius 1 is 1.14 bits per heavy atom. The van der Waals surface area contributed by atoms with Crippen LogP contribution in [0, 0.1) is 5.41 Å². The molecular formula is C22H27N5O2. The Morgan fingerprint density at radius 2 is 1.93 bits per heavy atom. The Morgan fingerprint density at radius 3 is 2.59 bits per heavy atom. The summed E-state index contributed by atoms with van der Waals surface area (Å²) in [5.41, 5.74) is 3.00. The molecule has 7 nitrogen and oxygen atoms in total. The van der Waals surface area contributed by atoms with Crippen molar-refractivity contribution in [3.8, 4) is 0 Å². The van der Waals surface area contributed by atoms with Gasteiger partial charge in [-0.15, -0.1) is 0 Å². The third-order valence-corrected chi connectivity index (χ3v) is 5.69. The first-order chi connectivity index (χ1) is 13.9. The molecule has 4 rings (SSSR count). The second kappa shape index (κ2) is 7.81. The molecule has 1 fully saturated rings. The standard InChI is InChI=1S/C22H27N5O2/c1-22(2)8-7-17(14-22)19-5-6-20(28)27(24-19)16-21(29)26-12-10-25(11-13-26)18-4-3-9-23-15-18/h3-7,9,15H,8,10-14,16H2,1-2H3. The van der Waals surface area contributed by atoms with Gasteiger partial charge in [0, 0.05) is 38.4 Å². The Labute approximate surface area is 170 Å². The van der Waals surface area contributed by atoms with E-state index in [0.29, 0.717) is 13.1 Å². The smallest absolute Gasteiger partial charge is 0.267 e. The number of carbonyl (C=O) groups excluding carboxylic acids is 1. The van der Waals surface area contributed by atoms with Crippen molar-refractivity contribution in [3.05, 3.63) is 58.8 Å². The van der Waals surface area contributed by atoms with Gasteiger partial charge in [-0.3, -0.25) is 14.6 Å². The highest BCUT2D eigenvalue weighted by Gasteiger charge is 2.26. The molecule has 2 aromatic heterocycles. The average molecular weight is 393 g/mol. The second-order valence-corrected chi connectivity index (χ2v) is 8.57. The number of piperazine rings is 1. The fourth-order valence-corrected chi connectivity index (χ4v) is 3.97. The lowest BCUT2D eigenvalue weighted by Crippen LogP contribution is -2.50. The van der Waals surface area contributed by atoms with Crippen LogP contribution in [0.15, 0.2) is 47.5 Å². The highest BCUT2D eigenvalue weighted by Crippen LogP contribution is 2.40. The predicted octanol–water partition coefficient (Wildman–Crippen LogP) is 2.19. The minimum absolute atomic E-state index is 0.0176. The molecule has 3 heterocycles. The van der Waals surface area contributed by atoms with E-state index in [4.69, 9.17) is 0 Å². The van der Waals surface area contributed by atoms with Crippen molar-refractivity contribution in [1.29, 1.82) is 0 Å². The third-order valence-electron chi connectivity index (χ3n) is 5.69. The number of hydrogen-bond acceptors (Lipinski definition) is 5. The number of amides is 1. The first-order valence-electron chi connectivity index (χ1n) is 10.1. The van der Waals surface area contributed by atoms with Gasteiger partial charge < -0.3 is 9.80 Å². The van der Waals surface area contributed by atoms with Crippen molar-refractivity contribution in [2.75, 3.05) is 31.1 Å². The van der Waals surface area contributed by atoms with Crippen LogP contribution in [-0.4, -0.2) is 51.8 Å². The summed E-state index contributed by atoms with van der Waals surface area (Å²) in [6.07, 6.45) is 7.72. The molecule has 0 aromatic carbocycles. The molecule has 0 saturated carbocycles. The molecule has 0 bridgehead atoms. The van der Waals surface area contributed by atoms with E-state index in [1.807, 2.05) is 23.2 Å². The molecule has 152 valence electrons. The number of nitrogens with zero attached hydrogens (tertiary/aromatic N) is 5. The maximum absolute atomic E-state index is 12.8. The molecule has 2 aromatic rings. The van der Waals surface area contributed by atoms with Gasteiger partial charge in [-0.2, -0.15) is 5.10 Å². The first-order valence-corrected chi connectivity index (χ1v) is 10.1. The van der Waals surface area contributed by atoms with Crippen LogP contribution in [0.25, 0.3) is 5.57 Å². The molecule has 1 aliphatic heterocycles. The molecule has 1 amide bonds. The van der Waals surface area contributed by atoms with Crippen molar-refractivity contribution < 1.29 is 4.79 Å². The monoisotopic (exact) mass is 393 g/mol. The van der Waals surface area contributed by atoms with Gasteiger partial charge in [-0.05, 0) is 42.0 Å². The number of aromatic nitrogens is 3. The highest BCUT2D eigenvalue weighted by atomic mass is 16.2. The number of rotatable bonds is 4. The summed E-state index contributed by atoms with van der Waals surface area (Å²) in [6, 6.07) is 7.22. The molecule has 0 radical (unpaired) electrons. The maximum atomic E-state index is 12.8. The van der Waals surface area contributed by atoms with Gasteiger partial charge in [-0.25, -0.2) is 4.68 Å². The lowest BCUT2D eigenvalue weighted by molar-refractivity contribution is -0.132. The van der Waals surface area contributed by atoms with E-state index in [2.05, 4.69) is 34.9 Å². The SMILES string of the molecule is CC1(C)CC=C(c2ccc(=O)n(CC(=O)N3CCN(c4cccnc4)CC3)n2)C1. The molecule has 29 heavy (non-hydrogen) atoms. The molecular weight excluding hydrogens is 366 g/mol. The zero-order valence-electron chi connectivity index (χ0n) is 17.0. The lowest BCUT2D eigenvalue weighted by Gasteiger charge is -2.35. The van der Waals surface area contributed by atoms with E-state index in [1.165, 1.54) is 10.7 Å². The Hall–Kier alpha value is -2.96. The molecule has 7 heteroatoms. The van der Waals surface area contributed by atoms with E-state index in [9.17, 15) is 9.59 Å². The largest absolute Gasteiger partial charge is 0.367 e. The molecule has 0 atom stereocenters. The summed E-state index contributed by atoms with van der Waals surface area (Å²) in [5, 5.41) is 4.49. The topological polar surface area (TPSA) is 71.3 Å². The number of allylic oxidation sites excluding steroid dienone is 2. The molecule has 0 N–H and O–H groups in total. The minimum Gasteiger partial charge on any atom is -0.367 e. The van der Waals surface area contributed by atoms with E-state index in [-0.39, 0.29) is 23.4 Å². The summed E-state index contributed by atoms with van der Waals surface area (Å²) in [4.78, 5) is 33.2. The van der Waals surface area contributed by atoms with Gasteiger partial charge in [0.1, 0.15) is 6.54 Å². The fraction of sp³-hybridized carbons (Fsp3) is 0.455. The zero-order chi connectivity index (χ0) is 20.4. The summed E-state index contributed by atoms with van der Waals surface area (Å²) in [7, 11) is 0. The van der Waals surface area contributed by atoms with Crippen LogP contribution in [0.5, 0.6) is 0 Å². The molecule has 0 unspecified atom stereocenters. The van der Waals surface area contributed by atoms with E-state index in [1.54, 1.807) is 12.3 Å². The van der Waals surface area contributed by atoms with Gasteiger partial charge >= 0.3 is 0 Å². The van der Waals surface area contributed by atoms with Crippen molar-refractivity contribution >= 4 is 17.2 Å². The van der Waals surface area contributed by atoms with Crippen LogP contribution in [0.1, 0.15) is 32.4 Å². The van der Waals surface area contributed by atoms with Crippen LogP contribution in [0.3, 0.4) is 0 Å². The molecule has 2 aliphatic rings. The van der Waals surface area contributed by atoms with Gasteiger partial charge in [0.25, 0.3) is 5.56 Å². The molecule has 1 aliphatic carbocycles. The van der Waals surface area contributed by atoms with E-state index in [0.717, 1.165) is 42.9 Å². The van der Waals surface area contributed by atoms with Gasteiger partial charge in [0.05, 0.1) is 17.6 Å².